The van der Waals surface area contributed by atoms with E-state index < -0.39 is 0 Å². The van der Waals surface area contributed by atoms with Crippen molar-refractivity contribution in [1.29, 1.82) is 0 Å². The van der Waals surface area contributed by atoms with E-state index in [4.69, 9.17) is 11.6 Å². The summed E-state index contributed by atoms with van der Waals surface area (Å²) in [4.78, 5) is 13.4. The van der Waals surface area contributed by atoms with Gasteiger partial charge in [0.05, 0.1) is 11.3 Å². The van der Waals surface area contributed by atoms with Crippen molar-refractivity contribution in [2.24, 2.45) is 0 Å². The van der Waals surface area contributed by atoms with E-state index in [9.17, 15) is 4.79 Å². The Morgan fingerprint density at radius 1 is 1.09 bits per heavy atom. The molecule has 2 unspecified atom stereocenters. The topological polar surface area (TPSA) is 29.1 Å². The van der Waals surface area contributed by atoms with E-state index >= 15 is 0 Å². The molecule has 2 nitrogen and oxygen atoms in total. The van der Waals surface area contributed by atoms with Crippen LogP contribution in [-0.2, 0) is 11.2 Å². The Bertz CT molecular complexity index is 639. The molecule has 2 atom stereocenters. The second kappa shape index (κ2) is 8.42. The molecular formula is C19H22ClNOS. The summed E-state index contributed by atoms with van der Waals surface area (Å²) in [6.45, 7) is 6.07. The van der Waals surface area contributed by atoms with Crippen LogP contribution >= 0.6 is 23.4 Å². The fourth-order valence-electron chi connectivity index (χ4n) is 2.23. The van der Waals surface area contributed by atoms with Gasteiger partial charge in [-0.15, -0.1) is 11.8 Å². The van der Waals surface area contributed by atoms with Gasteiger partial charge in [0, 0.05) is 9.92 Å². The largest absolute Gasteiger partial charge is 0.349 e. The van der Waals surface area contributed by atoms with E-state index in [1.807, 2.05) is 38.1 Å². The zero-order chi connectivity index (χ0) is 16.8. The molecule has 0 fully saturated rings. The van der Waals surface area contributed by atoms with E-state index in [1.54, 1.807) is 0 Å². The summed E-state index contributed by atoms with van der Waals surface area (Å²) in [5.41, 5.74) is 2.43. The highest BCUT2D eigenvalue weighted by atomic mass is 35.5. The minimum Gasteiger partial charge on any atom is -0.349 e. The number of nitrogens with one attached hydrogen (secondary N) is 1. The zero-order valence-corrected chi connectivity index (χ0v) is 15.2. The molecule has 1 amide bonds. The first-order valence-electron chi connectivity index (χ1n) is 7.81. The Hall–Kier alpha value is -1.45. The van der Waals surface area contributed by atoms with Crippen molar-refractivity contribution in [2.45, 2.75) is 43.4 Å². The summed E-state index contributed by atoms with van der Waals surface area (Å²) in [6.07, 6.45) is 1.02. The van der Waals surface area contributed by atoms with Crippen molar-refractivity contribution in [3.63, 3.8) is 0 Å². The number of hydrogen-bond acceptors (Lipinski definition) is 2. The average Bonchev–Trinajstić information content (AvgIpc) is 2.56. The quantitative estimate of drug-likeness (QED) is 0.722. The van der Waals surface area contributed by atoms with Crippen LogP contribution in [-0.4, -0.2) is 11.2 Å². The minimum absolute atomic E-state index is 0.00155. The Morgan fingerprint density at radius 3 is 2.26 bits per heavy atom. The van der Waals surface area contributed by atoms with Crippen LogP contribution in [0.2, 0.25) is 5.02 Å². The van der Waals surface area contributed by atoms with Crippen molar-refractivity contribution < 1.29 is 4.79 Å². The highest BCUT2D eigenvalue weighted by molar-refractivity contribution is 8.00. The van der Waals surface area contributed by atoms with Gasteiger partial charge in [-0.1, -0.05) is 42.8 Å². The van der Waals surface area contributed by atoms with Gasteiger partial charge in [0.1, 0.15) is 0 Å². The third-order valence-corrected chi connectivity index (χ3v) is 5.11. The highest BCUT2D eigenvalue weighted by Crippen LogP contribution is 2.25. The molecule has 0 aliphatic rings. The maximum Gasteiger partial charge on any atom is 0.233 e. The monoisotopic (exact) mass is 347 g/mol. The minimum atomic E-state index is -0.159. The van der Waals surface area contributed by atoms with Gasteiger partial charge in [0.15, 0.2) is 0 Å². The molecule has 23 heavy (non-hydrogen) atoms. The molecule has 0 aliphatic carbocycles. The Labute approximate surface area is 147 Å². The Kier molecular flexibility index (Phi) is 6.55. The molecule has 0 aromatic heterocycles. The van der Waals surface area contributed by atoms with Crippen LogP contribution in [0, 0.1) is 0 Å². The standard InChI is InChI=1S/C19H22ClNOS/c1-4-15-5-7-16(8-6-15)13(2)21-19(22)14(3)23-18-11-9-17(20)10-12-18/h5-14H,4H2,1-3H3,(H,21,22). The number of hydrogen-bond donors (Lipinski definition) is 1. The summed E-state index contributed by atoms with van der Waals surface area (Å²) in [7, 11) is 0. The molecule has 2 aromatic rings. The molecule has 0 spiro atoms. The van der Waals surface area contributed by atoms with Crippen molar-refractivity contribution >= 4 is 29.3 Å². The van der Waals surface area contributed by atoms with Gasteiger partial charge in [-0.25, -0.2) is 0 Å². The van der Waals surface area contributed by atoms with Gasteiger partial charge in [0.25, 0.3) is 0 Å². The molecule has 0 aliphatic heterocycles. The number of carbonyl (C=O) groups excluding carboxylic acids is 1. The molecule has 0 heterocycles. The van der Waals surface area contributed by atoms with Crippen LogP contribution in [0.15, 0.2) is 53.4 Å². The van der Waals surface area contributed by atoms with Crippen LogP contribution in [0.1, 0.15) is 37.9 Å². The second-order valence-electron chi connectivity index (χ2n) is 5.54. The number of rotatable bonds is 6. The lowest BCUT2D eigenvalue weighted by molar-refractivity contribution is -0.120. The van der Waals surface area contributed by atoms with Gasteiger partial charge in [-0.3, -0.25) is 4.79 Å². The maximum absolute atomic E-state index is 12.4. The summed E-state index contributed by atoms with van der Waals surface area (Å²) in [5.74, 6) is 0.0389. The fourth-order valence-corrected chi connectivity index (χ4v) is 3.23. The number of halogens is 1. The lowest BCUT2D eigenvalue weighted by atomic mass is 10.0. The molecule has 0 radical (unpaired) electrons. The van der Waals surface area contributed by atoms with E-state index in [0.717, 1.165) is 16.9 Å². The van der Waals surface area contributed by atoms with E-state index in [-0.39, 0.29) is 17.2 Å². The maximum atomic E-state index is 12.4. The van der Waals surface area contributed by atoms with Gasteiger partial charge in [-0.2, -0.15) is 0 Å². The molecule has 0 bridgehead atoms. The number of aryl methyl sites for hydroxylation is 1. The SMILES string of the molecule is CCc1ccc(C(C)NC(=O)C(C)Sc2ccc(Cl)cc2)cc1. The third-order valence-electron chi connectivity index (χ3n) is 3.74. The number of benzene rings is 2. The van der Waals surface area contributed by atoms with E-state index in [2.05, 4.69) is 36.5 Å². The molecule has 122 valence electrons. The average molecular weight is 348 g/mol. The number of carbonyl (C=O) groups is 1. The van der Waals surface area contributed by atoms with E-state index in [1.165, 1.54) is 17.3 Å². The first-order valence-corrected chi connectivity index (χ1v) is 9.06. The van der Waals surface area contributed by atoms with Crippen LogP contribution in [0.3, 0.4) is 0 Å². The van der Waals surface area contributed by atoms with Crippen LogP contribution < -0.4 is 5.32 Å². The highest BCUT2D eigenvalue weighted by Gasteiger charge is 2.17. The molecule has 1 N–H and O–H groups in total. The molecule has 4 heteroatoms. The van der Waals surface area contributed by atoms with Crippen LogP contribution in [0.25, 0.3) is 0 Å². The third kappa shape index (κ3) is 5.29. The van der Waals surface area contributed by atoms with E-state index in [0.29, 0.717) is 5.02 Å². The molecule has 0 saturated carbocycles. The number of amides is 1. The lowest BCUT2D eigenvalue weighted by Crippen LogP contribution is -2.33. The number of thioether (sulfide) groups is 1. The van der Waals surface area contributed by atoms with Crippen molar-refractivity contribution in [3.8, 4) is 0 Å². The normalized spacial score (nSPS) is 13.4. The lowest BCUT2D eigenvalue weighted by Gasteiger charge is -2.18. The summed E-state index contributed by atoms with van der Waals surface area (Å²) < 4.78 is 0. The van der Waals surface area contributed by atoms with Crippen molar-refractivity contribution in [2.75, 3.05) is 0 Å². The van der Waals surface area contributed by atoms with Gasteiger partial charge in [0.2, 0.25) is 5.91 Å². The molecule has 0 saturated heterocycles. The summed E-state index contributed by atoms with van der Waals surface area (Å²) in [6, 6.07) is 15.9. The van der Waals surface area contributed by atoms with Gasteiger partial charge in [-0.05, 0) is 55.7 Å². The fraction of sp³-hybridized carbons (Fsp3) is 0.316. The summed E-state index contributed by atoms with van der Waals surface area (Å²) >= 11 is 7.41. The zero-order valence-electron chi connectivity index (χ0n) is 13.7. The smallest absolute Gasteiger partial charge is 0.233 e. The van der Waals surface area contributed by atoms with Gasteiger partial charge < -0.3 is 5.32 Å². The Balaban J connectivity index is 1.92. The predicted molar refractivity (Wildman–Crippen MR) is 99.1 cm³/mol. The first-order chi connectivity index (χ1) is 11.0. The first kappa shape index (κ1) is 17.9. The molecule has 2 aromatic carbocycles. The summed E-state index contributed by atoms with van der Waals surface area (Å²) in [5, 5.41) is 3.62. The van der Waals surface area contributed by atoms with Crippen molar-refractivity contribution in [1.82, 2.24) is 5.32 Å². The second-order valence-corrected chi connectivity index (χ2v) is 7.39. The van der Waals surface area contributed by atoms with Crippen LogP contribution in [0.4, 0.5) is 0 Å². The van der Waals surface area contributed by atoms with Crippen LogP contribution in [0.5, 0.6) is 0 Å². The molecule has 2 rings (SSSR count). The Morgan fingerprint density at radius 2 is 1.70 bits per heavy atom. The molecular weight excluding hydrogens is 326 g/mol. The predicted octanol–water partition coefficient (Wildman–Crippen LogP) is 5.26. The van der Waals surface area contributed by atoms with Crippen molar-refractivity contribution in [3.05, 3.63) is 64.7 Å². The van der Waals surface area contributed by atoms with Gasteiger partial charge >= 0.3 is 0 Å².